The van der Waals surface area contributed by atoms with E-state index >= 15 is 0 Å². The SMILES string of the molecule is CCC1CN=C(NCC2CCCS2)S1. The zero-order valence-corrected chi connectivity index (χ0v) is 10.3. The fourth-order valence-electron chi connectivity index (χ4n) is 1.73. The van der Waals surface area contributed by atoms with Crippen LogP contribution in [0, 0.1) is 0 Å². The molecule has 80 valence electrons. The van der Waals surface area contributed by atoms with Gasteiger partial charge in [-0.3, -0.25) is 4.99 Å². The molecule has 0 spiro atoms. The summed E-state index contributed by atoms with van der Waals surface area (Å²) in [6.45, 7) is 4.37. The Morgan fingerprint density at radius 3 is 3.07 bits per heavy atom. The van der Waals surface area contributed by atoms with Crippen molar-refractivity contribution in [2.75, 3.05) is 18.8 Å². The van der Waals surface area contributed by atoms with Crippen molar-refractivity contribution >= 4 is 28.7 Å². The summed E-state index contributed by atoms with van der Waals surface area (Å²) in [5.74, 6) is 1.35. The van der Waals surface area contributed by atoms with Gasteiger partial charge >= 0.3 is 0 Å². The molecule has 1 saturated heterocycles. The molecule has 1 fully saturated rings. The van der Waals surface area contributed by atoms with Gasteiger partial charge in [0.15, 0.2) is 5.17 Å². The third-order valence-electron chi connectivity index (χ3n) is 2.68. The number of aliphatic imine (C=N–C) groups is 1. The van der Waals surface area contributed by atoms with E-state index in [4.69, 9.17) is 0 Å². The maximum atomic E-state index is 4.51. The van der Waals surface area contributed by atoms with Crippen LogP contribution in [0.5, 0.6) is 0 Å². The smallest absolute Gasteiger partial charge is 0.156 e. The standard InChI is InChI=1S/C10H18N2S2/c1-2-8-6-11-10(14-8)12-7-9-4-3-5-13-9/h8-9H,2-7H2,1H3,(H,11,12). The molecule has 14 heavy (non-hydrogen) atoms. The normalized spacial score (nSPS) is 31.9. The minimum Gasteiger partial charge on any atom is -0.364 e. The van der Waals surface area contributed by atoms with Crippen LogP contribution in [0.1, 0.15) is 26.2 Å². The van der Waals surface area contributed by atoms with Crippen LogP contribution in [0.2, 0.25) is 0 Å². The minimum atomic E-state index is 0.730. The van der Waals surface area contributed by atoms with E-state index in [9.17, 15) is 0 Å². The van der Waals surface area contributed by atoms with Crippen molar-refractivity contribution in [1.29, 1.82) is 0 Å². The highest BCUT2D eigenvalue weighted by atomic mass is 32.2. The Labute approximate surface area is 94.7 Å². The summed E-state index contributed by atoms with van der Waals surface area (Å²) in [6, 6.07) is 0. The Morgan fingerprint density at radius 1 is 1.50 bits per heavy atom. The molecule has 0 bridgehead atoms. The lowest BCUT2D eigenvalue weighted by atomic mass is 10.2. The predicted octanol–water partition coefficient (Wildman–Crippen LogP) is 2.35. The van der Waals surface area contributed by atoms with Gasteiger partial charge in [0.25, 0.3) is 0 Å². The number of hydrogen-bond acceptors (Lipinski definition) is 4. The lowest BCUT2D eigenvalue weighted by Gasteiger charge is -2.11. The summed E-state index contributed by atoms with van der Waals surface area (Å²) in [7, 11) is 0. The fraction of sp³-hybridized carbons (Fsp3) is 0.900. The van der Waals surface area contributed by atoms with Crippen molar-refractivity contribution in [3.05, 3.63) is 0 Å². The third kappa shape index (κ3) is 2.83. The highest BCUT2D eigenvalue weighted by molar-refractivity contribution is 8.14. The molecular weight excluding hydrogens is 212 g/mol. The summed E-state index contributed by atoms with van der Waals surface area (Å²) >= 11 is 4.03. The van der Waals surface area contributed by atoms with Gasteiger partial charge in [0.05, 0.1) is 6.54 Å². The molecule has 0 amide bonds. The number of rotatable bonds is 3. The Morgan fingerprint density at radius 2 is 2.43 bits per heavy atom. The molecule has 4 heteroatoms. The second-order valence-electron chi connectivity index (χ2n) is 3.81. The average molecular weight is 230 g/mol. The molecular formula is C10H18N2S2. The van der Waals surface area contributed by atoms with E-state index in [-0.39, 0.29) is 0 Å². The van der Waals surface area contributed by atoms with Gasteiger partial charge in [-0.1, -0.05) is 18.7 Å². The third-order valence-corrected chi connectivity index (χ3v) is 5.39. The van der Waals surface area contributed by atoms with Crippen LogP contribution in [-0.4, -0.2) is 34.5 Å². The van der Waals surface area contributed by atoms with Crippen LogP contribution in [0.4, 0.5) is 0 Å². The monoisotopic (exact) mass is 230 g/mol. The fourth-order valence-corrected chi connectivity index (χ4v) is 3.88. The number of thioether (sulfide) groups is 2. The van der Waals surface area contributed by atoms with Crippen molar-refractivity contribution in [2.24, 2.45) is 4.99 Å². The first kappa shape index (κ1) is 10.7. The number of nitrogens with one attached hydrogen (secondary N) is 1. The van der Waals surface area contributed by atoms with Gasteiger partial charge < -0.3 is 5.32 Å². The van der Waals surface area contributed by atoms with Crippen LogP contribution in [0.3, 0.4) is 0 Å². The molecule has 0 aromatic rings. The maximum Gasteiger partial charge on any atom is 0.156 e. The number of nitrogens with zero attached hydrogens (tertiary/aromatic N) is 1. The molecule has 0 saturated carbocycles. The average Bonchev–Trinajstić information content (AvgIpc) is 2.86. The van der Waals surface area contributed by atoms with Crippen LogP contribution < -0.4 is 5.32 Å². The van der Waals surface area contributed by atoms with Crippen molar-refractivity contribution < 1.29 is 0 Å². The summed E-state index contributed by atoms with van der Waals surface area (Å²) in [4.78, 5) is 4.51. The van der Waals surface area contributed by atoms with Crippen molar-refractivity contribution in [1.82, 2.24) is 5.32 Å². The van der Waals surface area contributed by atoms with E-state index in [1.807, 2.05) is 11.8 Å². The van der Waals surface area contributed by atoms with Crippen molar-refractivity contribution in [2.45, 2.75) is 36.7 Å². The van der Waals surface area contributed by atoms with Crippen LogP contribution in [0.15, 0.2) is 4.99 Å². The van der Waals surface area contributed by atoms with Gasteiger partial charge in [0.2, 0.25) is 0 Å². The van der Waals surface area contributed by atoms with E-state index < -0.39 is 0 Å². The van der Waals surface area contributed by atoms with E-state index in [2.05, 4.69) is 29.0 Å². The molecule has 0 aliphatic carbocycles. The van der Waals surface area contributed by atoms with Crippen LogP contribution in [-0.2, 0) is 0 Å². The van der Waals surface area contributed by atoms with Gasteiger partial charge in [0.1, 0.15) is 0 Å². The van der Waals surface area contributed by atoms with Gasteiger partial charge in [-0.05, 0) is 25.0 Å². The molecule has 0 radical (unpaired) electrons. The molecule has 0 aromatic heterocycles. The lowest BCUT2D eigenvalue weighted by Crippen LogP contribution is -2.27. The first-order valence-electron chi connectivity index (χ1n) is 5.45. The highest BCUT2D eigenvalue weighted by Crippen LogP contribution is 2.26. The van der Waals surface area contributed by atoms with Gasteiger partial charge in [0, 0.05) is 17.0 Å². The summed E-state index contributed by atoms with van der Waals surface area (Å²) < 4.78 is 0. The maximum absolute atomic E-state index is 4.51. The predicted molar refractivity (Wildman–Crippen MR) is 67.5 cm³/mol. The van der Waals surface area contributed by atoms with E-state index in [1.54, 1.807) is 0 Å². The Bertz CT molecular complexity index is 212. The molecule has 2 heterocycles. The van der Waals surface area contributed by atoms with Gasteiger partial charge in [-0.15, -0.1) is 0 Å². The highest BCUT2D eigenvalue weighted by Gasteiger charge is 2.20. The zero-order chi connectivity index (χ0) is 9.80. The first-order chi connectivity index (χ1) is 6.88. The summed E-state index contributed by atoms with van der Waals surface area (Å²) in [6.07, 6.45) is 4.01. The minimum absolute atomic E-state index is 0.730. The largest absolute Gasteiger partial charge is 0.364 e. The van der Waals surface area contributed by atoms with E-state index in [0.717, 1.165) is 23.6 Å². The second kappa shape index (κ2) is 5.31. The Hall–Kier alpha value is 0.170. The number of hydrogen-bond donors (Lipinski definition) is 1. The van der Waals surface area contributed by atoms with Crippen LogP contribution >= 0.6 is 23.5 Å². The lowest BCUT2D eigenvalue weighted by molar-refractivity contribution is 0.749. The zero-order valence-electron chi connectivity index (χ0n) is 8.66. The van der Waals surface area contributed by atoms with Crippen LogP contribution in [0.25, 0.3) is 0 Å². The Balaban J connectivity index is 1.66. The van der Waals surface area contributed by atoms with E-state index in [1.165, 1.54) is 30.2 Å². The topological polar surface area (TPSA) is 24.4 Å². The molecule has 2 nitrogen and oxygen atoms in total. The molecule has 2 unspecified atom stereocenters. The molecule has 2 rings (SSSR count). The first-order valence-corrected chi connectivity index (χ1v) is 7.38. The molecule has 2 atom stereocenters. The van der Waals surface area contributed by atoms with Crippen molar-refractivity contribution in [3.63, 3.8) is 0 Å². The molecule has 2 aliphatic rings. The van der Waals surface area contributed by atoms with Crippen molar-refractivity contribution in [3.8, 4) is 0 Å². The molecule has 1 N–H and O–H groups in total. The Kier molecular flexibility index (Phi) is 4.05. The second-order valence-corrected chi connectivity index (χ2v) is 6.51. The molecule has 0 aromatic carbocycles. The molecule has 2 aliphatic heterocycles. The van der Waals surface area contributed by atoms with E-state index in [0.29, 0.717) is 0 Å². The quantitative estimate of drug-likeness (QED) is 0.805. The summed E-state index contributed by atoms with van der Waals surface area (Å²) in [5, 5.41) is 6.23. The number of amidine groups is 1. The van der Waals surface area contributed by atoms with Gasteiger partial charge in [-0.2, -0.15) is 11.8 Å². The van der Waals surface area contributed by atoms with Gasteiger partial charge in [-0.25, -0.2) is 0 Å². The summed E-state index contributed by atoms with van der Waals surface area (Å²) in [5.41, 5.74) is 0.